The van der Waals surface area contributed by atoms with Gasteiger partial charge in [-0.3, -0.25) is 0 Å². The summed E-state index contributed by atoms with van der Waals surface area (Å²) in [6.07, 6.45) is 0. The van der Waals surface area contributed by atoms with Crippen LogP contribution in [-0.4, -0.2) is 24.1 Å². The largest absolute Gasteiger partial charge is 0.455 e. The third kappa shape index (κ3) is 8.72. The number of hydrogen-bond acceptors (Lipinski definition) is 5. The van der Waals surface area contributed by atoms with Gasteiger partial charge >= 0.3 is 0 Å². The van der Waals surface area contributed by atoms with Gasteiger partial charge in [0.1, 0.15) is 22.3 Å². The molecule has 5 aromatic heterocycles. The summed E-state index contributed by atoms with van der Waals surface area (Å²) < 4.78 is 106. The number of hydrogen-bond donors (Lipinski definition) is 0. The first-order valence-electron chi connectivity index (χ1n) is 36.4. The molecule has 0 aliphatic carbocycles. The molecule has 0 spiro atoms. The minimum Gasteiger partial charge on any atom is -0.455 e. The van der Waals surface area contributed by atoms with E-state index in [1.54, 1.807) is 24.3 Å². The van der Waals surface area contributed by atoms with Crippen molar-refractivity contribution < 1.29 is 22.5 Å². The Morgan fingerprint density at radius 3 is 1.14 bits per heavy atom. The summed E-state index contributed by atoms with van der Waals surface area (Å²) in [6.45, 7) is 9.68. The van der Waals surface area contributed by atoms with Crippen LogP contribution in [0.3, 0.4) is 0 Å². The van der Waals surface area contributed by atoms with Crippen LogP contribution in [0, 0.1) is 6.57 Å². The minimum atomic E-state index is -0.479. The Kier molecular flexibility index (Phi) is 10.3. The molecule has 0 radical (unpaired) electrons. The van der Waals surface area contributed by atoms with E-state index in [0.717, 1.165) is 71.5 Å². The molecule has 14 aromatic carbocycles. The molecule has 0 amide bonds. The predicted molar refractivity (Wildman–Crippen MR) is 393 cm³/mol. The summed E-state index contributed by atoms with van der Waals surface area (Å²) in [5, 5.41) is 5.84. The van der Waals surface area contributed by atoms with Crippen LogP contribution in [0.25, 0.3) is 194 Å². The van der Waals surface area contributed by atoms with Gasteiger partial charge in [0.05, 0.1) is 64.5 Å². The second-order valence-corrected chi connectivity index (χ2v) is 23.7. The maximum Gasteiger partial charge on any atom is 0.212 e. The normalized spacial score (nSPS) is 13.2. The number of benzene rings is 14. The first-order chi connectivity index (χ1) is 51.7. The number of nitrogens with zero attached hydrogens (tertiary/aromatic N) is 6. The fourth-order valence-electron chi connectivity index (χ4n) is 14.0. The van der Waals surface area contributed by atoms with E-state index < -0.39 is 36.3 Å². The number of rotatable bonds is 10. The van der Waals surface area contributed by atoms with Gasteiger partial charge in [-0.05, 0) is 129 Å². The Bertz CT molecular complexity index is 6900. The average molecular weight is 1240 g/mol. The van der Waals surface area contributed by atoms with Gasteiger partial charge in [0.2, 0.25) is 5.69 Å². The Labute approximate surface area is 565 Å². The zero-order valence-corrected chi connectivity index (χ0v) is 50.7. The standard InChI is InChI=1S/C88H52N6O2/c1-89-72-53-71(88-91-86(59-33-19-7-20-34-59)90-87(92-88)60-35-21-8-22-36-60)82(93-73-43-37-61(54-23-9-2-10-24-54)51-69(73)80-75(93)45-41-65-67-49-63(56-27-13-4-14-28-56)39-47-77(67)95-84(65)80)79(58-31-17-6-18-32-58)83(72)94-74-44-38-62(55-25-11-3-12-26-55)52-70(74)81-76(94)46-42-66-68-50-64(57-29-15-5-16-30-57)40-48-78(68)96-85(66)81/h2-53H/i4D,5D,13D,14D,15D,16D,27D,28D,29D,30D. The van der Waals surface area contributed by atoms with E-state index in [1.165, 1.54) is 0 Å². The van der Waals surface area contributed by atoms with Crippen LogP contribution in [-0.2, 0) is 0 Å². The van der Waals surface area contributed by atoms with Gasteiger partial charge in [0, 0.05) is 54.6 Å². The smallest absolute Gasteiger partial charge is 0.212 e. The van der Waals surface area contributed by atoms with Crippen molar-refractivity contribution >= 4 is 93.2 Å². The van der Waals surface area contributed by atoms with Crippen molar-refractivity contribution in [3.63, 3.8) is 0 Å². The summed E-state index contributed by atoms with van der Waals surface area (Å²) in [6, 6.07) is 79.3. The molecule has 446 valence electrons. The van der Waals surface area contributed by atoms with Gasteiger partial charge in [-0.2, -0.15) is 0 Å². The van der Waals surface area contributed by atoms with E-state index in [9.17, 15) is 6.57 Å². The van der Waals surface area contributed by atoms with Crippen LogP contribution in [0.2, 0.25) is 0 Å². The van der Waals surface area contributed by atoms with Crippen molar-refractivity contribution in [3.05, 3.63) is 327 Å². The van der Waals surface area contributed by atoms with E-state index in [-0.39, 0.29) is 46.8 Å². The third-order valence-corrected chi connectivity index (χ3v) is 18.3. The highest BCUT2D eigenvalue weighted by molar-refractivity contribution is 6.27. The molecule has 0 atom stereocenters. The highest BCUT2D eigenvalue weighted by Crippen LogP contribution is 2.53. The highest BCUT2D eigenvalue weighted by Gasteiger charge is 2.32. The van der Waals surface area contributed by atoms with Crippen molar-refractivity contribution in [1.29, 1.82) is 0 Å². The van der Waals surface area contributed by atoms with Crippen molar-refractivity contribution in [2.45, 2.75) is 0 Å². The molecule has 0 aliphatic rings. The summed E-state index contributed by atoms with van der Waals surface area (Å²) in [4.78, 5) is 20.8. The third-order valence-electron chi connectivity index (χ3n) is 18.3. The zero-order chi connectivity index (χ0) is 72.1. The molecular weight excluding hydrogens is 1170 g/mol. The van der Waals surface area contributed by atoms with Gasteiger partial charge < -0.3 is 18.0 Å². The topological polar surface area (TPSA) is 79.2 Å². The van der Waals surface area contributed by atoms with E-state index in [4.69, 9.17) is 37.5 Å². The maximum atomic E-state index is 9.68. The Hall–Kier alpha value is -13.2. The highest BCUT2D eigenvalue weighted by atomic mass is 16.3. The molecule has 8 nitrogen and oxygen atoms in total. The van der Waals surface area contributed by atoms with Gasteiger partial charge in [-0.25, -0.2) is 19.8 Å². The van der Waals surface area contributed by atoms with Gasteiger partial charge in [-0.15, -0.1) is 0 Å². The average Bonchev–Trinajstić information content (AvgIpc) is 1.51. The van der Waals surface area contributed by atoms with E-state index in [2.05, 4.69) is 92.8 Å². The first-order valence-corrected chi connectivity index (χ1v) is 31.4. The monoisotopic (exact) mass is 1230 g/mol. The van der Waals surface area contributed by atoms with E-state index in [0.29, 0.717) is 100 Å². The lowest BCUT2D eigenvalue weighted by molar-refractivity contribution is 0.672. The molecule has 19 rings (SSSR count). The quantitative estimate of drug-likeness (QED) is 0.128. The van der Waals surface area contributed by atoms with Gasteiger partial charge in [-0.1, -0.05) is 236 Å². The molecule has 0 N–H and O–H groups in total. The van der Waals surface area contributed by atoms with Gasteiger partial charge in [0.15, 0.2) is 17.5 Å². The van der Waals surface area contributed by atoms with Crippen LogP contribution in [0.15, 0.2) is 324 Å². The molecule has 19 aromatic rings. The second kappa shape index (κ2) is 22.0. The Balaban J connectivity index is 0.976. The first kappa shape index (κ1) is 45.1. The summed E-state index contributed by atoms with van der Waals surface area (Å²) in [7, 11) is 0. The Morgan fingerprint density at radius 2 is 0.688 bits per heavy atom. The molecule has 0 fully saturated rings. The summed E-state index contributed by atoms with van der Waals surface area (Å²) in [5.41, 5.74) is 14.5. The second-order valence-electron chi connectivity index (χ2n) is 23.7. The fourth-order valence-corrected chi connectivity index (χ4v) is 14.0. The molecule has 0 aliphatic heterocycles. The molecular formula is C88H52N6O2. The van der Waals surface area contributed by atoms with Crippen LogP contribution in [0.1, 0.15) is 13.7 Å². The molecule has 5 heterocycles. The van der Waals surface area contributed by atoms with E-state index in [1.807, 2.05) is 152 Å². The molecule has 0 bridgehead atoms. The lowest BCUT2D eigenvalue weighted by Gasteiger charge is -2.24. The van der Waals surface area contributed by atoms with Crippen LogP contribution in [0.4, 0.5) is 5.69 Å². The number of aromatic nitrogens is 5. The van der Waals surface area contributed by atoms with Crippen LogP contribution >= 0.6 is 0 Å². The van der Waals surface area contributed by atoms with Crippen LogP contribution < -0.4 is 0 Å². The maximum absolute atomic E-state index is 9.68. The lowest BCUT2D eigenvalue weighted by atomic mass is 9.94. The van der Waals surface area contributed by atoms with Crippen molar-refractivity contribution in [1.82, 2.24) is 24.1 Å². The number of furan rings is 2. The molecule has 0 unspecified atom stereocenters. The van der Waals surface area contributed by atoms with Gasteiger partial charge in [0.25, 0.3) is 0 Å². The number of fused-ring (bicyclic) bond motifs is 14. The molecule has 0 saturated heterocycles. The van der Waals surface area contributed by atoms with Crippen molar-refractivity contribution in [2.24, 2.45) is 0 Å². The minimum absolute atomic E-state index is 0.0714. The molecule has 8 heteroatoms. The van der Waals surface area contributed by atoms with Crippen LogP contribution in [0.5, 0.6) is 0 Å². The zero-order valence-electron chi connectivity index (χ0n) is 60.7. The van der Waals surface area contributed by atoms with E-state index >= 15 is 0 Å². The molecule has 96 heavy (non-hydrogen) atoms. The summed E-state index contributed by atoms with van der Waals surface area (Å²) in [5.74, 6) is 1.08. The molecule has 0 saturated carbocycles. The van der Waals surface area contributed by atoms with Crippen molar-refractivity contribution in [2.75, 3.05) is 0 Å². The van der Waals surface area contributed by atoms with Crippen molar-refractivity contribution in [3.8, 4) is 101 Å². The predicted octanol–water partition coefficient (Wildman–Crippen LogP) is 23.8. The SMILES string of the molecule is [2H]c1c([2H])c([2H])c(-c2ccc3oc4c(ccc5c4c4cc(-c6ccccc6)ccc4n5-c4c([N+]#[C-])cc(-c5nc(-c6ccccc6)nc(-c6ccccc6)n5)c(-n5c6ccc(-c7ccccc7)cc6c6c7oc8ccc(-c9c([2H])c([2H])c([2H])c([2H])c9[2H])cc8c7ccc65)c4-c4ccccc4)c3c2)c([2H])c1[2H]. The Morgan fingerprint density at radius 1 is 0.312 bits per heavy atom. The summed E-state index contributed by atoms with van der Waals surface area (Å²) >= 11 is 0. The fraction of sp³-hybridized carbons (Fsp3) is 0. The lowest BCUT2D eigenvalue weighted by Crippen LogP contribution is -2.08.